The Morgan fingerprint density at radius 3 is 2.94 bits per heavy atom. The first-order valence-electron chi connectivity index (χ1n) is 5.01. The second-order valence-electron chi connectivity index (χ2n) is 3.45. The van der Waals surface area contributed by atoms with Gasteiger partial charge in [0.25, 0.3) is 0 Å². The molecule has 0 unspecified atom stereocenters. The third-order valence-electron chi connectivity index (χ3n) is 2.34. The van der Waals surface area contributed by atoms with Gasteiger partial charge in [-0.05, 0) is 29.8 Å². The van der Waals surface area contributed by atoms with E-state index in [4.69, 9.17) is 11.6 Å². The second-order valence-corrected chi connectivity index (χ2v) is 3.79. The Morgan fingerprint density at radius 2 is 2.06 bits per heavy atom. The van der Waals surface area contributed by atoms with Gasteiger partial charge < -0.3 is 5.32 Å². The van der Waals surface area contributed by atoms with E-state index >= 15 is 0 Å². The van der Waals surface area contributed by atoms with Crippen molar-refractivity contribution in [3.8, 4) is 0 Å². The molecule has 5 nitrogen and oxygen atoms in total. The van der Waals surface area contributed by atoms with Crippen molar-refractivity contribution in [1.82, 2.24) is 20.2 Å². The Labute approximate surface area is 102 Å². The summed E-state index contributed by atoms with van der Waals surface area (Å²) in [5.74, 6) is 1.33. The van der Waals surface area contributed by atoms with Gasteiger partial charge in [0.1, 0.15) is 5.82 Å². The molecule has 17 heavy (non-hydrogen) atoms. The van der Waals surface area contributed by atoms with Crippen LogP contribution >= 0.6 is 11.6 Å². The molecule has 0 saturated carbocycles. The lowest BCUT2D eigenvalue weighted by atomic mass is 10.2. The number of hydrogen-bond donors (Lipinski definition) is 2. The molecule has 0 bridgehead atoms. The molecule has 0 amide bonds. The highest BCUT2D eigenvalue weighted by molar-refractivity contribution is 6.28. The summed E-state index contributed by atoms with van der Waals surface area (Å²) in [5.41, 5.74) is 0.968. The maximum absolute atomic E-state index is 5.71. The minimum atomic E-state index is 0.204. The Balaban J connectivity index is 2.00. The van der Waals surface area contributed by atoms with E-state index in [1.54, 1.807) is 12.3 Å². The van der Waals surface area contributed by atoms with E-state index in [9.17, 15) is 0 Å². The zero-order valence-electron chi connectivity index (χ0n) is 8.68. The Morgan fingerprint density at radius 1 is 1.18 bits per heavy atom. The monoisotopic (exact) mass is 245 g/mol. The third-order valence-corrected chi connectivity index (χ3v) is 2.53. The number of H-pyrrole nitrogens is 1. The number of rotatable bonds is 2. The molecule has 2 heterocycles. The van der Waals surface area contributed by atoms with E-state index < -0.39 is 0 Å². The third kappa shape index (κ3) is 1.92. The van der Waals surface area contributed by atoms with Gasteiger partial charge in [0.05, 0.1) is 5.52 Å². The number of hydrogen-bond acceptors (Lipinski definition) is 4. The van der Waals surface area contributed by atoms with Crippen LogP contribution in [0.1, 0.15) is 0 Å². The van der Waals surface area contributed by atoms with Crippen molar-refractivity contribution < 1.29 is 0 Å². The lowest BCUT2D eigenvalue weighted by Crippen LogP contribution is -1.95. The molecule has 2 aromatic heterocycles. The first-order chi connectivity index (χ1) is 8.33. The summed E-state index contributed by atoms with van der Waals surface area (Å²) in [7, 11) is 0. The van der Waals surface area contributed by atoms with Crippen LogP contribution in [0.4, 0.5) is 11.6 Å². The summed E-state index contributed by atoms with van der Waals surface area (Å²) in [4.78, 5) is 7.86. The fraction of sp³-hybridized carbons (Fsp3) is 0. The normalized spacial score (nSPS) is 10.6. The average Bonchev–Trinajstić information content (AvgIpc) is 2.73. The first-order valence-corrected chi connectivity index (χ1v) is 5.39. The average molecular weight is 246 g/mol. The van der Waals surface area contributed by atoms with Crippen LogP contribution in [0.25, 0.3) is 10.9 Å². The van der Waals surface area contributed by atoms with Gasteiger partial charge in [-0.25, -0.2) is 9.97 Å². The first kappa shape index (κ1) is 10.0. The molecule has 0 fully saturated rings. The lowest BCUT2D eigenvalue weighted by molar-refractivity contribution is 1.11. The van der Waals surface area contributed by atoms with E-state index in [1.165, 1.54) is 0 Å². The number of aromatic nitrogens is 4. The number of benzene rings is 1. The molecule has 84 valence electrons. The van der Waals surface area contributed by atoms with Crippen LogP contribution in [-0.2, 0) is 0 Å². The molecule has 0 aliphatic rings. The molecular formula is C11H8ClN5. The molecule has 3 aromatic rings. The van der Waals surface area contributed by atoms with Crippen LogP contribution in [0, 0.1) is 0 Å². The molecule has 6 heteroatoms. The molecule has 0 radical (unpaired) electrons. The van der Waals surface area contributed by atoms with Gasteiger partial charge in [0.2, 0.25) is 5.28 Å². The molecule has 0 atom stereocenters. The number of halogens is 1. The topological polar surface area (TPSA) is 66.5 Å². The maximum atomic E-state index is 5.71. The largest absolute Gasteiger partial charge is 0.323 e. The van der Waals surface area contributed by atoms with E-state index in [1.807, 2.05) is 24.3 Å². The molecule has 0 aliphatic carbocycles. The van der Waals surface area contributed by atoms with E-state index in [0.29, 0.717) is 5.82 Å². The highest BCUT2D eigenvalue weighted by Gasteiger charge is 2.05. The number of nitrogens with zero attached hydrogens (tertiary/aromatic N) is 3. The van der Waals surface area contributed by atoms with Crippen LogP contribution in [0.2, 0.25) is 5.28 Å². The number of para-hydroxylation sites is 1. The van der Waals surface area contributed by atoms with Crippen LogP contribution < -0.4 is 5.32 Å². The SMILES string of the molecule is Clc1nccc(Nc2n[nH]c3ccccc23)n1. The van der Waals surface area contributed by atoms with E-state index in [0.717, 1.165) is 16.7 Å². The minimum Gasteiger partial charge on any atom is -0.323 e. The molecular weight excluding hydrogens is 238 g/mol. The predicted octanol–water partition coefficient (Wildman–Crippen LogP) is 2.75. The Hall–Kier alpha value is -2.14. The van der Waals surface area contributed by atoms with Gasteiger partial charge >= 0.3 is 0 Å². The van der Waals surface area contributed by atoms with Gasteiger partial charge in [0.15, 0.2) is 5.82 Å². The van der Waals surface area contributed by atoms with Gasteiger partial charge in [-0.15, -0.1) is 0 Å². The number of anilines is 2. The van der Waals surface area contributed by atoms with Crippen molar-refractivity contribution in [2.24, 2.45) is 0 Å². The standard InChI is InChI=1S/C11H8ClN5/c12-11-13-6-5-9(15-11)14-10-7-3-1-2-4-8(7)16-17-10/h1-6H,(H2,13,14,15,16,17). The smallest absolute Gasteiger partial charge is 0.224 e. The van der Waals surface area contributed by atoms with Gasteiger partial charge in [0, 0.05) is 11.6 Å². The van der Waals surface area contributed by atoms with Crippen LogP contribution in [0.5, 0.6) is 0 Å². The van der Waals surface area contributed by atoms with Crippen LogP contribution in [0.3, 0.4) is 0 Å². The zero-order valence-corrected chi connectivity index (χ0v) is 9.44. The molecule has 0 saturated heterocycles. The van der Waals surface area contributed by atoms with Crippen molar-refractivity contribution in [2.45, 2.75) is 0 Å². The van der Waals surface area contributed by atoms with Gasteiger partial charge in [-0.2, -0.15) is 5.10 Å². The predicted molar refractivity (Wildman–Crippen MR) is 66.4 cm³/mol. The molecule has 1 aromatic carbocycles. The van der Waals surface area contributed by atoms with Gasteiger partial charge in [-0.3, -0.25) is 5.10 Å². The van der Waals surface area contributed by atoms with Crippen molar-refractivity contribution in [2.75, 3.05) is 5.32 Å². The summed E-state index contributed by atoms with van der Waals surface area (Å²) in [6.45, 7) is 0. The molecule has 3 rings (SSSR count). The Bertz CT molecular complexity index is 664. The fourth-order valence-corrected chi connectivity index (χ4v) is 1.73. The van der Waals surface area contributed by atoms with E-state index in [2.05, 4.69) is 25.5 Å². The highest BCUT2D eigenvalue weighted by atomic mass is 35.5. The van der Waals surface area contributed by atoms with E-state index in [-0.39, 0.29) is 5.28 Å². The molecule has 2 N–H and O–H groups in total. The highest BCUT2D eigenvalue weighted by Crippen LogP contribution is 2.22. The minimum absolute atomic E-state index is 0.204. The van der Waals surface area contributed by atoms with Crippen LogP contribution in [0.15, 0.2) is 36.5 Å². The Kier molecular flexibility index (Phi) is 2.38. The molecule has 0 spiro atoms. The van der Waals surface area contributed by atoms with Crippen molar-refractivity contribution in [3.63, 3.8) is 0 Å². The van der Waals surface area contributed by atoms with Gasteiger partial charge in [-0.1, -0.05) is 12.1 Å². The summed E-state index contributed by atoms with van der Waals surface area (Å²) in [5, 5.41) is 11.4. The summed E-state index contributed by atoms with van der Waals surface area (Å²) < 4.78 is 0. The van der Waals surface area contributed by atoms with Crippen molar-refractivity contribution in [3.05, 3.63) is 41.8 Å². The number of aromatic amines is 1. The maximum Gasteiger partial charge on any atom is 0.224 e. The molecule has 0 aliphatic heterocycles. The number of nitrogens with one attached hydrogen (secondary N) is 2. The summed E-state index contributed by atoms with van der Waals surface area (Å²) in [6, 6.07) is 9.57. The lowest BCUT2D eigenvalue weighted by Gasteiger charge is -2.01. The zero-order chi connectivity index (χ0) is 11.7. The number of fused-ring (bicyclic) bond motifs is 1. The second kappa shape index (κ2) is 4.03. The van der Waals surface area contributed by atoms with Crippen molar-refractivity contribution >= 4 is 34.1 Å². The quantitative estimate of drug-likeness (QED) is 0.682. The summed E-state index contributed by atoms with van der Waals surface area (Å²) >= 11 is 5.71. The fourth-order valence-electron chi connectivity index (χ4n) is 1.58. The van der Waals surface area contributed by atoms with Crippen LogP contribution in [-0.4, -0.2) is 20.2 Å². The summed E-state index contributed by atoms with van der Waals surface area (Å²) in [6.07, 6.45) is 1.59. The van der Waals surface area contributed by atoms with Crippen molar-refractivity contribution in [1.29, 1.82) is 0 Å².